The molecule has 1 aliphatic rings. The van der Waals surface area contributed by atoms with Gasteiger partial charge in [-0.3, -0.25) is 9.69 Å². The number of hydrogen-bond donors (Lipinski definition) is 1. The van der Waals surface area contributed by atoms with Gasteiger partial charge in [0.15, 0.2) is 5.75 Å². The van der Waals surface area contributed by atoms with Crippen LogP contribution in [-0.4, -0.2) is 27.2 Å². The fraction of sp³-hybridized carbons (Fsp3) is 0.688. The largest absolute Gasteiger partial charge is 0.503 e. The number of aromatic hydroxyl groups is 1. The molecule has 2 rings (SSSR count). The highest BCUT2D eigenvalue weighted by Crippen LogP contribution is 2.19. The van der Waals surface area contributed by atoms with E-state index in [1.54, 1.807) is 12.3 Å². The predicted octanol–water partition coefficient (Wildman–Crippen LogP) is 2.58. The Labute approximate surface area is 121 Å². The van der Waals surface area contributed by atoms with E-state index in [0.717, 1.165) is 25.3 Å². The molecule has 1 unspecified atom stereocenters. The third-order valence-corrected chi connectivity index (χ3v) is 4.06. The van der Waals surface area contributed by atoms with Crippen LogP contribution in [0.2, 0.25) is 0 Å². The molecule has 1 saturated heterocycles. The van der Waals surface area contributed by atoms with Gasteiger partial charge in [0.1, 0.15) is 0 Å². The van der Waals surface area contributed by atoms with Crippen molar-refractivity contribution >= 4 is 0 Å². The number of nitrogens with zero attached hydrogens (tertiary/aromatic N) is 2. The van der Waals surface area contributed by atoms with E-state index >= 15 is 0 Å². The first kappa shape index (κ1) is 15.1. The van der Waals surface area contributed by atoms with Gasteiger partial charge in [0, 0.05) is 30.9 Å². The Kier molecular flexibility index (Phi) is 4.86. The molecule has 0 bridgehead atoms. The highest BCUT2D eigenvalue weighted by Gasteiger charge is 2.20. The smallest absolute Gasteiger partial charge is 0.223 e. The van der Waals surface area contributed by atoms with Crippen LogP contribution in [-0.2, 0) is 13.1 Å². The topological polar surface area (TPSA) is 45.5 Å². The summed E-state index contributed by atoms with van der Waals surface area (Å²) in [5, 5.41) is 9.65. The predicted molar refractivity (Wildman–Crippen MR) is 80.9 cm³/mol. The van der Waals surface area contributed by atoms with E-state index in [4.69, 9.17) is 0 Å². The molecular formula is C16H26N2O2. The third-order valence-electron chi connectivity index (χ3n) is 4.06. The molecule has 1 atom stereocenters. The lowest BCUT2D eigenvalue weighted by molar-refractivity contribution is 0.148. The average Bonchev–Trinajstić information content (AvgIpc) is 2.37. The Morgan fingerprint density at radius 1 is 1.40 bits per heavy atom. The molecule has 4 nitrogen and oxygen atoms in total. The molecular weight excluding hydrogens is 252 g/mol. The van der Waals surface area contributed by atoms with Gasteiger partial charge >= 0.3 is 0 Å². The van der Waals surface area contributed by atoms with Crippen molar-refractivity contribution in [1.29, 1.82) is 0 Å². The van der Waals surface area contributed by atoms with E-state index < -0.39 is 0 Å². The second-order valence-corrected chi connectivity index (χ2v) is 6.38. The number of hydrogen-bond acceptors (Lipinski definition) is 3. The van der Waals surface area contributed by atoms with Gasteiger partial charge in [0.05, 0.1) is 6.20 Å². The molecule has 0 spiro atoms. The molecule has 0 saturated carbocycles. The van der Waals surface area contributed by atoms with Crippen molar-refractivity contribution in [2.24, 2.45) is 5.92 Å². The Hall–Kier alpha value is -1.29. The van der Waals surface area contributed by atoms with Crippen LogP contribution in [0.5, 0.6) is 5.75 Å². The molecule has 4 heteroatoms. The summed E-state index contributed by atoms with van der Waals surface area (Å²) in [7, 11) is 0. The first-order valence-corrected chi connectivity index (χ1v) is 7.63. The van der Waals surface area contributed by atoms with Crippen molar-refractivity contribution in [3.05, 3.63) is 28.2 Å². The highest BCUT2D eigenvalue weighted by molar-refractivity contribution is 5.20. The van der Waals surface area contributed by atoms with Gasteiger partial charge in [-0.1, -0.05) is 20.3 Å². The summed E-state index contributed by atoms with van der Waals surface area (Å²) in [5.74, 6) is 0.329. The van der Waals surface area contributed by atoms with Gasteiger partial charge < -0.3 is 9.67 Å². The fourth-order valence-electron chi connectivity index (χ4n) is 2.90. The van der Waals surface area contributed by atoms with Crippen molar-refractivity contribution < 1.29 is 5.11 Å². The SMILES string of the molecule is CC(C)Cn1cc(O)c(=O)cc1CN1CCCCC1C. The van der Waals surface area contributed by atoms with E-state index in [-0.39, 0.29) is 11.2 Å². The number of rotatable bonds is 4. The standard InChI is InChI=1S/C16H26N2O2/c1-12(2)9-18-11-16(20)15(19)8-14(18)10-17-7-5-4-6-13(17)3/h8,11-13,20H,4-7,9-10H2,1-3H3. The van der Waals surface area contributed by atoms with Crippen molar-refractivity contribution in [3.8, 4) is 5.75 Å². The number of piperidine rings is 1. The lowest BCUT2D eigenvalue weighted by atomic mass is 10.0. The zero-order chi connectivity index (χ0) is 14.7. The van der Waals surface area contributed by atoms with Crippen LogP contribution in [0.1, 0.15) is 45.7 Å². The van der Waals surface area contributed by atoms with Crippen LogP contribution < -0.4 is 5.43 Å². The summed E-state index contributed by atoms with van der Waals surface area (Å²) in [6.45, 7) is 9.25. The van der Waals surface area contributed by atoms with E-state index in [0.29, 0.717) is 12.0 Å². The molecule has 1 aliphatic heterocycles. The average molecular weight is 278 g/mol. The van der Waals surface area contributed by atoms with Gasteiger partial charge in [0.2, 0.25) is 5.43 Å². The zero-order valence-electron chi connectivity index (χ0n) is 12.8. The molecule has 0 aliphatic carbocycles. The van der Waals surface area contributed by atoms with Crippen LogP contribution in [0.4, 0.5) is 0 Å². The summed E-state index contributed by atoms with van der Waals surface area (Å²) in [6.07, 6.45) is 5.35. The first-order chi connectivity index (χ1) is 9.47. The van der Waals surface area contributed by atoms with Gasteiger partial charge in [-0.15, -0.1) is 0 Å². The van der Waals surface area contributed by atoms with E-state index in [1.165, 1.54) is 19.3 Å². The number of pyridine rings is 1. The van der Waals surface area contributed by atoms with Gasteiger partial charge in [-0.05, 0) is 32.2 Å². The Bertz CT molecular complexity index is 508. The minimum atomic E-state index is -0.273. The van der Waals surface area contributed by atoms with E-state index in [1.807, 2.05) is 4.57 Å². The second kappa shape index (κ2) is 6.44. The molecule has 0 aromatic carbocycles. The second-order valence-electron chi connectivity index (χ2n) is 6.38. The Morgan fingerprint density at radius 2 is 2.15 bits per heavy atom. The van der Waals surface area contributed by atoms with Crippen molar-refractivity contribution in [3.63, 3.8) is 0 Å². The minimum absolute atomic E-state index is 0.152. The van der Waals surface area contributed by atoms with Crippen LogP contribution in [0.3, 0.4) is 0 Å². The number of aromatic nitrogens is 1. The number of likely N-dealkylation sites (tertiary alicyclic amines) is 1. The lowest BCUT2D eigenvalue weighted by Crippen LogP contribution is -2.38. The third kappa shape index (κ3) is 3.63. The van der Waals surface area contributed by atoms with Crippen LogP contribution in [0.25, 0.3) is 0 Å². The fourth-order valence-corrected chi connectivity index (χ4v) is 2.90. The summed E-state index contributed by atoms with van der Waals surface area (Å²) >= 11 is 0. The maximum Gasteiger partial charge on any atom is 0.223 e. The Balaban J connectivity index is 2.24. The van der Waals surface area contributed by atoms with Gasteiger partial charge in [-0.2, -0.15) is 0 Å². The minimum Gasteiger partial charge on any atom is -0.503 e. The molecule has 0 amide bonds. The van der Waals surface area contributed by atoms with E-state index in [9.17, 15) is 9.90 Å². The maximum atomic E-state index is 11.7. The molecule has 1 aromatic heterocycles. The molecule has 1 N–H and O–H groups in total. The summed E-state index contributed by atoms with van der Waals surface area (Å²) in [4.78, 5) is 14.2. The van der Waals surface area contributed by atoms with Crippen molar-refractivity contribution in [2.75, 3.05) is 6.54 Å². The molecule has 2 heterocycles. The molecule has 0 radical (unpaired) electrons. The zero-order valence-corrected chi connectivity index (χ0v) is 12.8. The molecule has 1 aromatic rings. The van der Waals surface area contributed by atoms with E-state index in [2.05, 4.69) is 25.7 Å². The van der Waals surface area contributed by atoms with Crippen LogP contribution >= 0.6 is 0 Å². The highest BCUT2D eigenvalue weighted by atomic mass is 16.3. The van der Waals surface area contributed by atoms with Crippen molar-refractivity contribution in [2.45, 2.75) is 59.2 Å². The summed E-state index contributed by atoms with van der Waals surface area (Å²) in [6, 6.07) is 2.17. The van der Waals surface area contributed by atoms with Crippen molar-refractivity contribution in [1.82, 2.24) is 9.47 Å². The Morgan fingerprint density at radius 3 is 2.80 bits per heavy atom. The lowest BCUT2D eigenvalue weighted by Gasteiger charge is -2.34. The molecule has 1 fully saturated rings. The quantitative estimate of drug-likeness (QED) is 0.920. The van der Waals surface area contributed by atoms with Gasteiger partial charge in [-0.25, -0.2) is 0 Å². The molecule has 20 heavy (non-hydrogen) atoms. The normalized spacial score (nSPS) is 20.5. The first-order valence-electron chi connectivity index (χ1n) is 7.63. The maximum absolute atomic E-state index is 11.7. The monoisotopic (exact) mass is 278 g/mol. The van der Waals surface area contributed by atoms with Gasteiger partial charge in [0.25, 0.3) is 0 Å². The van der Waals surface area contributed by atoms with Crippen LogP contribution in [0.15, 0.2) is 17.1 Å². The summed E-state index contributed by atoms with van der Waals surface area (Å²) in [5.41, 5.74) is 0.736. The molecule has 112 valence electrons. The summed E-state index contributed by atoms with van der Waals surface area (Å²) < 4.78 is 2.03. The van der Waals surface area contributed by atoms with Crippen LogP contribution in [0, 0.1) is 5.92 Å².